The van der Waals surface area contributed by atoms with Crippen LogP contribution in [0.3, 0.4) is 0 Å². The van der Waals surface area contributed by atoms with Gasteiger partial charge in [0.2, 0.25) is 5.95 Å². The number of piperidine rings is 1. The lowest BCUT2D eigenvalue weighted by atomic mass is 9.74. The third kappa shape index (κ3) is 3.13. The fraction of sp³-hybridized carbons (Fsp3) is 0.600. The molecule has 6 heteroatoms. The molecule has 1 unspecified atom stereocenters. The molecule has 1 aliphatic heterocycles. The van der Waals surface area contributed by atoms with E-state index in [1.165, 1.54) is 0 Å². The number of aryl methyl sites for hydroxylation is 1. The number of anilines is 1. The predicted octanol–water partition coefficient (Wildman–Crippen LogP) is 1.98. The second kappa shape index (κ2) is 5.68. The van der Waals surface area contributed by atoms with Crippen LogP contribution in [0.5, 0.6) is 0 Å². The summed E-state index contributed by atoms with van der Waals surface area (Å²) in [4.78, 5) is 22.0. The fourth-order valence-corrected chi connectivity index (χ4v) is 2.67. The molecule has 0 spiro atoms. The summed E-state index contributed by atoms with van der Waals surface area (Å²) in [5, 5.41) is 18.4. The average molecular weight is 288 g/mol. The van der Waals surface area contributed by atoms with Gasteiger partial charge in [-0.1, -0.05) is 0 Å². The van der Waals surface area contributed by atoms with Gasteiger partial charge in [-0.05, 0) is 45.6 Å². The Balaban J connectivity index is 2.24. The molecule has 1 saturated heterocycles. The van der Waals surface area contributed by atoms with Crippen LogP contribution in [0.1, 0.15) is 38.1 Å². The standard InChI is InChI=1S/C15H20N4O2/c1-10-7-12(8-16)18-14(17-10)19-6-4-5-11(9-19)15(2,3)13(20)21/h7,11H,4-6,9H2,1-3H3,(H,20,21). The molecule has 0 aliphatic carbocycles. The van der Waals surface area contributed by atoms with Gasteiger partial charge in [0.25, 0.3) is 0 Å². The minimum Gasteiger partial charge on any atom is -0.481 e. The highest BCUT2D eigenvalue weighted by atomic mass is 16.4. The van der Waals surface area contributed by atoms with Crippen molar-refractivity contribution in [2.24, 2.45) is 11.3 Å². The van der Waals surface area contributed by atoms with Crippen LogP contribution in [0.15, 0.2) is 6.07 Å². The Morgan fingerprint density at radius 2 is 2.24 bits per heavy atom. The summed E-state index contributed by atoms with van der Waals surface area (Å²) in [7, 11) is 0. The number of nitrogens with zero attached hydrogens (tertiary/aromatic N) is 4. The molecule has 1 aromatic heterocycles. The average Bonchev–Trinajstić information content (AvgIpc) is 2.46. The number of hydrogen-bond acceptors (Lipinski definition) is 5. The van der Waals surface area contributed by atoms with Gasteiger partial charge in [0.05, 0.1) is 5.41 Å². The Labute approximate surface area is 124 Å². The molecule has 112 valence electrons. The van der Waals surface area contributed by atoms with E-state index in [4.69, 9.17) is 5.26 Å². The van der Waals surface area contributed by atoms with Gasteiger partial charge in [-0.2, -0.15) is 5.26 Å². The van der Waals surface area contributed by atoms with Gasteiger partial charge < -0.3 is 10.0 Å². The summed E-state index contributed by atoms with van der Waals surface area (Å²) < 4.78 is 0. The van der Waals surface area contributed by atoms with Crippen molar-refractivity contribution >= 4 is 11.9 Å². The summed E-state index contributed by atoms with van der Waals surface area (Å²) in [6.45, 7) is 6.76. The maximum absolute atomic E-state index is 11.4. The highest BCUT2D eigenvalue weighted by Crippen LogP contribution is 2.35. The molecule has 1 aromatic rings. The summed E-state index contributed by atoms with van der Waals surface area (Å²) in [6.07, 6.45) is 1.79. The van der Waals surface area contributed by atoms with E-state index >= 15 is 0 Å². The van der Waals surface area contributed by atoms with Crippen LogP contribution in [0.2, 0.25) is 0 Å². The maximum atomic E-state index is 11.4. The lowest BCUT2D eigenvalue weighted by Gasteiger charge is -2.39. The summed E-state index contributed by atoms with van der Waals surface area (Å²) >= 11 is 0. The monoisotopic (exact) mass is 288 g/mol. The molecule has 2 rings (SSSR count). The molecule has 1 fully saturated rings. The molecule has 6 nitrogen and oxygen atoms in total. The fourth-order valence-electron chi connectivity index (χ4n) is 2.67. The van der Waals surface area contributed by atoms with Gasteiger partial charge >= 0.3 is 5.97 Å². The number of carboxylic acid groups (broad SMARTS) is 1. The number of nitriles is 1. The molecule has 2 heterocycles. The van der Waals surface area contributed by atoms with Gasteiger partial charge in [-0.3, -0.25) is 4.79 Å². The highest BCUT2D eigenvalue weighted by Gasteiger charge is 2.39. The Kier molecular flexibility index (Phi) is 4.12. The van der Waals surface area contributed by atoms with Crippen LogP contribution in [0.25, 0.3) is 0 Å². The highest BCUT2D eigenvalue weighted by molar-refractivity contribution is 5.74. The normalized spacial score (nSPS) is 19.1. The quantitative estimate of drug-likeness (QED) is 0.914. The van der Waals surface area contributed by atoms with Crippen molar-refractivity contribution < 1.29 is 9.90 Å². The van der Waals surface area contributed by atoms with Gasteiger partial charge in [-0.25, -0.2) is 9.97 Å². The number of hydrogen-bond donors (Lipinski definition) is 1. The van der Waals surface area contributed by atoms with E-state index in [1.807, 2.05) is 17.9 Å². The molecule has 0 amide bonds. The first-order valence-electron chi connectivity index (χ1n) is 7.08. The van der Waals surface area contributed by atoms with E-state index in [2.05, 4.69) is 9.97 Å². The summed E-state index contributed by atoms with van der Waals surface area (Å²) in [6, 6.07) is 3.68. The Morgan fingerprint density at radius 3 is 2.86 bits per heavy atom. The van der Waals surface area contributed by atoms with E-state index in [9.17, 15) is 9.90 Å². The number of carbonyl (C=O) groups is 1. The third-order valence-corrected chi connectivity index (χ3v) is 4.23. The topological polar surface area (TPSA) is 90.1 Å². The summed E-state index contributed by atoms with van der Waals surface area (Å²) in [5.41, 5.74) is 0.314. The van der Waals surface area contributed by atoms with Gasteiger partial charge in [-0.15, -0.1) is 0 Å². The first-order chi connectivity index (χ1) is 9.84. The lowest BCUT2D eigenvalue weighted by molar-refractivity contribution is -0.150. The Bertz CT molecular complexity index is 592. The van der Waals surface area contributed by atoms with Crippen LogP contribution in [-0.2, 0) is 4.79 Å². The lowest BCUT2D eigenvalue weighted by Crippen LogP contribution is -2.45. The molecule has 21 heavy (non-hydrogen) atoms. The zero-order chi connectivity index (χ0) is 15.6. The van der Waals surface area contributed by atoms with Gasteiger partial charge in [0, 0.05) is 18.8 Å². The van der Waals surface area contributed by atoms with E-state index in [-0.39, 0.29) is 5.92 Å². The molecule has 1 atom stereocenters. The zero-order valence-electron chi connectivity index (χ0n) is 12.6. The van der Waals surface area contributed by atoms with Crippen molar-refractivity contribution in [3.63, 3.8) is 0 Å². The maximum Gasteiger partial charge on any atom is 0.309 e. The number of carboxylic acids is 1. The molecule has 0 radical (unpaired) electrons. The SMILES string of the molecule is Cc1cc(C#N)nc(N2CCCC(C(C)(C)C(=O)O)C2)n1. The molecule has 0 saturated carbocycles. The Morgan fingerprint density at radius 1 is 1.52 bits per heavy atom. The minimum absolute atomic E-state index is 0.0402. The number of aromatic nitrogens is 2. The second-order valence-corrected chi connectivity index (χ2v) is 6.12. The largest absolute Gasteiger partial charge is 0.481 e. The van der Waals surface area contributed by atoms with Crippen molar-refractivity contribution in [2.75, 3.05) is 18.0 Å². The van der Waals surface area contributed by atoms with Crippen molar-refractivity contribution in [1.29, 1.82) is 5.26 Å². The molecule has 1 aliphatic rings. The van der Waals surface area contributed by atoms with E-state index in [0.29, 0.717) is 18.2 Å². The Hall–Kier alpha value is -2.16. The third-order valence-electron chi connectivity index (χ3n) is 4.23. The van der Waals surface area contributed by atoms with Gasteiger partial charge in [0.15, 0.2) is 0 Å². The van der Waals surface area contributed by atoms with Crippen LogP contribution in [0, 0.1) is 29.6 Å². The minimum atomic E-state index is -0.780. The molecular weight excluding hydrogens is 268 g/mol. The van der Waals surface area contributed by atoms with Crippen LogP contribution < -0.4 is 4.90 Å². The smallest absolute Gasteiger partial charge is 0.309 e. The van der Waals surface area contributed by atoms with Crippen molar-refractivity contribution in [1.82, 2.24) is 9.97 Å². The second-order valence-electron chi connectivity index (χ2n) is 6.12. The first-order valence-corrected chi connectivity index (χ1v) is 7.08. The van der Waals surface area contributed by atoms with E-state index < -0.39 is 11.4 Å². The molecule has 1 N–H and O–H groups in total. The van der Waals surface area contributed by atoms with Crippen molar-refractivity contribution in [2.45, 2.75) is 33.6 Å². The predicted molar refractivity (Wildman–Crippen MR) is 77.8 cm³/mol. The number of rotatable bonds is 3. The van der Waals surface area contributed by atoms with Crippen molar-refractivity contribution in [3.8, 4) is 6.07 Å². The van der Waals surface area contributed by atoms with E-state index in [0.717, 1.165) is 25.1 Å². The molecular formula is C15H20N4O2. The van der Waals surface area contributed by atoms with Gasteiger partial charge in [0.1, 0.15) is 11.8 Å². The van der Waals surface area contributed by atoms with Crippen LogP contribution >= 0.6 is 0 Å². The molecule has 0 aromatic carbocycles. The van der Waals surface area contributed by atoms with Crippen molar-refractivity contribution in [3.05, 3.63) is 17.5 Å². The van der Waals surface area contributed by atoms with Crippen LogP contribution in [-0.4, -0.2) is 34.1 Å². The van der Waals surface area contributed by atoms with Crippen LogP contribution in [0.4, 0.5) is 5.95 Å². The zero-order valence-corrected chi connectivity index (χ0v) is 12.6. The first kappa shape index (κ1) is 15.2. The number of aliphatic carboxylic acids is 1. The summed E-state index contributed by atoms with van der Waals surface area (Å²) in [5.74, 6) is -0.215. The molecule has 0 bridgehead atoms. The van der Waals surface area contributed by atoms with E-state index in [1.54, 1.807) is 19.9 Å².